The van der Waals surface area contributed by atoms with Crippen LogP contribution in [0.3, 0.4) is 0 Å². The molecule has 1 heterocycles. The number of benzene rings is 1. The summed E-state index contributed by atoms with van der Waals surface area (Å²) < 4.78 is 0. The third-order valence-electron chi connectivity index (χ3n) is 2.82. The molecule has 0 aliphatic rings. The highest BCUT2D eigenvalue weighted by molar-refractivity contribution is 5.81. The minimum absolute atomic E-state index is 0.00293. The molecule has 0 aliphatic carbocycles. The van der Waals surface area contributed by atoms with Gasteiger partial charge in [0.25, 0.3) is 0 Å². The van der Waals surface area contributed by atoms with Crippen LogP contribution in [0.1, 0.15) is 5.56 Å². The van der Waals surface area contributed by atoms with Crippen LogP contribution in [-0.4, -0.2) is 24.5 Å². The second-order valence-electron chi connectivity index (χ2n) is 4.32. The molecular weight excluding hydrogens is 238 g/mol. The lowest BCUT2D eigenvalue weighted by Crippen LogP contribution is -2.34. The van der Waals surface area contributed by atoms with Gasteiger partial charge in [0, 0.05) is 31.7 Å². The summed E-state index contributed by atoms with van der Waals surface area (Å²) in [4.78, 5) is 17.7. The summed E-state index contributed by atoms with van der Waals surface area (Å²) in [5.74, 6) is 0.00293. The SMILES string of the molecule is CN(CC(=O)NCc1ccncc1)c1ccccc1. The molecule has 19 heavy (non-hydrogen) atoms. The Labute approximate surface area is 113 Å². The van der Waals surface area contributed by atoms with E-state index in [0.717, 1.165) is 11.3 Å². The molecule has 2 rings (SSSR count). The van der Waals surface area contributed by atoms with Crippen LogP contribution in [0, 0.1) is 0 Å². The van der Waals surface area contributed by atoms with Crippen molar-refractivity contribution in [2.24, 2.45) is 0 Å². The number of nitrogens with one attached hydrogen (secondary N) is 1. The van der Waals surface area contributed by atoms with Crippen molar-refractivity contribution in [3.05, 3.63) is 60.4 Å². The summed E-state index contributed by atoms with van der Waals surface area (Å²) in [6.45, 7) is 0.874. The van der Waals surface area contributed by atoms with Crippen LogP contribution in [0.5, 0.6) is 0 Å². The third-order valence-corrected chi connectivity index (χ3v) is 2.82. The molecular formula is C15H17N3O. The second-order valence-corrected chi connectivity index (χ2v) is 4.32. The van der Waals surface area contributed by atoms with Gasteiger partial charge < -0.3 is 10.2 Å². The van der Waals surface area contributed by atoms with Crippen LogP contribution in [-0.2, 0) is 11.3 Å². The first-order valence-electron chi connectivity index (χ1n) is 6.17. The van der Waals surface area contributed by atoms with E-state index in [2.05, 4.69) is 10.3 Å². The molecule has 98 valence electrons. The number of carbonyl (C=O) groups excluding carboxylic acids is 1. The van der Waals surface area contributed by atoms with E-state index in [4.69, 9.17) is 0 Å². The fourth-order valence-corrected chi connectivity index (χ4v) is 1.75. The Morgan fingerprint density at radius 1 is 1.16 bits per heavy atom. The van der Waals surface area contributed by atoms with Crippen molar-refractivity contribution in [2.45, 2.75) is 6.54 Å². The van der Waals surface area contributed by atoms with Crippen molar-refractivity contribution >= 4 is 11.6 Å². The van der Waals surface area contributed by atoms with E-state index in [1.807, 2.05) is 54.4 Å². The topological polar surface area (TPSA) is 45.2 Å². The first kappa shape index (κ1) is 13.1. The molecule has 0 bridgehead atoms. The number of hydrogen-bond acceptors (Lipinski definition) is 3. The number of amides is 1. The average molecular weight is 255 g/mol. The number of likely N-dealkylation sites (N-methyl/N-ethyl adjacent to an activating group) is 1. The number of rotatable bonds is 5. The molecule has 0 unspecified atom stereocenters. The van der Waals surface area contributed by atoms with E-state index in [9.17, 15) is 4.79 Å². The second kappa shape index (κ2) is 6.54. The molecule has 1 amide bonds. The van der Waals surface area contributed by atoms with Gasteiger partial charge >= 0.3 is 0 Å². The van der Waals surface area contributed by atoms with Crippen LogP contribution in [0.2, 0.25) is 0 Å². The highest BCUT2D eigenvalue weighted by atomic mass is 16.2. The van der Waals surface area contributed by atoms with Crippen molar-refractivity contribution in [1.82, 2.24) is 10.3 Å². The zero-order valence-corrected chi connectivity index (χ0v) is 10.9. The van der Waals surface area contributed by atoms with Crippen molar-refractivity contribution < 1.29 is 4.79 Å². The quantitative estimate of drug-likeness (QED) is 0.886. The lowest BCUT2D eigenvalue weighted by Gasteiger charge is -2.18. The van der Waals surface area contributed by atoms with Crippen LogP contribution in [0.15, 0.2) is 54.9 Å². The molecule has 0 saturated heterocycles. The van der Waals surface area contributed by atoms with Gasteiger partial charge in [0.05, 0.1) is 6.54 Å². The lowest BCUT2D eigenvalue weighted by molar-refractivity contribution is -0.119. The third kappa shape index (κ3) is 4.10. The molecule has 4 heteroatoms. The summed E-state index contributed by atoms with van der Waals surface area (Å²) >= 11 is 0. The Bertz CT molecular complexity index is 513. The number of pyridine rings is 1. The van der Waals surface area contributed by atoms with Crippen molar-refractivity contribution in [3.8, 4) is 0 Å². The van der Waals surface area contributed by atoms with Crippen molar-refractivity contribution in [2.75, 3.05) is 18.5 Å². The van der Waals surface area contributed by atoms with E-state index in [-0.39, 0.29) is 5.91 Å². The maximum absolute atomic E-state index is 11.8. The maximum Gasteiger partial charge on any atom is 0.239 e. The number of aromatic nitrogens is 1. The standard InChI is InChI=1S/C15H17N3O/c1-18(14-5-3-2-4-6-14)12-15(19)17-11-13-7-9-16-10-8-13/h2-10H,11-12H2,1H3,(H,17,19). The summed E-state index contributed by atoms with van der Waals surface area (Å²) in [6.07, 6.45) is 3.44. The Balaban J connectivity index is 1.82. The fraction of sp³-hybridized carbons (Fsp3) is 0.200. The van der Waals surface area contributed by atoms with E-state index in [1.54, 1.807) is 12.4 Å². The van der Waals surface area contributed by atoms with Gasteiger partial charge in [0.1, 0.15) is 0 Å². The fourth-order valence-electron chi connectivity index (χ4n) is 1.75. The number of anilines is 1. The van der Waals surface area contributed by atoms with Gasteiger partial charge in [-0.25, -0.2) is 0 Å². The van der Waals surface area contributed by atoms with Gasteiger partial charge in [-0.3, -0.25) is 9.78 Å². The first-order valence-corrected chi connectivity index (χ1v) is 6.17. The van der Waals surface area contributed by atoms with Gasteiger partial charge in [-0.05, 0) is 29.8 Å². The minimum atomic E-state index is 0.00293. The Morgan fingerprint density at radius 3 is 2.53 bits per heavy atom. The van der Waals surface area contributed by atoms with E-state index >= 15 is 0 Å². The van der Waals surface area contributed by atoms with Gasteiger partial charge in [-0.15, -0.1) is 0 Å². The number of hydrogen-bond donors (Lipinski definition) is 1. The van der Waals surface area contributed by atoms with Crippen LogP contribution in [0.25, 0.3) is 0 Å². The minimum Gasteiger partial charge on any atom is -0.365 e. The number of nitrogens with zero attached hydrogens (tertiary/aromatic N) is 2. The first-order chi connectivity index (χ1) is 9.25. The van der Waals surface area contributed by atoms with Gasteiger partial charge in [0.2, 0.25) is 5.91 Å². The molecule has 0 fully saturated rings. The summed E-state index contributed by atoms with van der Waals surface area (Å²) in [5, 5.41) is 2.89. The Hall–Kier alpha value is -2.36. The molecule has 0 aliphatic heterocycles. The summed E-state index contributed by atoms with van der Waals surface area (Å²) in [7, 11) is 1.90. The van der Waals surface area contributed by atoms with Crippen LogP contribution >= 0.6 is 0 Å². The van der Waals surface area contributed by atoms with E-state index in [1.165, 1.54) is 0 Å². The molecule has 1 aromatic heterocycles. The number of para-hydroxylation sites is 1. The lowest BCUT2D eigenvalue weighted by atomic mass is 10.2. The predicted octanol–water partition coefficient (Wildman–Crippen LogP) is 1.83. The van der Waals surface area contributed by atoms with E-state index < -0.39 is 0 Å². The monoisotopic (exact) mass is 255 g/mol. The summed E-state index contributed by atoms with van der Waals surface area (Å²) in [6, 6.07) is 13.6. The molecule has 0 radical (unpaired) electrons. The Morgan fingerprint density at radius 2 is 1.84 bits per heavy atom. The highest BCUT2D eigenvalue weighted by Crippen LogP contribution is 2.09. The largest absolute Gasteiger partial charge is 0.365 e. The molecule has 1 N–H and O–H groups in total. The zero-order valence-electron chi connectivity index (χ0n) is 10.9. The number of carbonyl (C=O) groups is 1. The molecule has 2 aromatic rings. The van der Waals surface area contributed by atoms with Gasteiger partial charge in [-0.1, -0.05) is 18.2 Å². The predicted molar refractivity (Wildman–Crippen MR) is 75.8 cm³/mol. The maximum atomic E-state index is 11.8. The molecule has 0 atom stereocenters. The van der Waals surface area contributed by atoms with Crippen LogP contribution < -0.4 is 10.2 Å². The molecule has 0 spiro atoms. The smallest absolute Gasteiger partial charge is 0.239 e. The van der Waals surface area contributed by atoms with Crippen molar-refractivity contribution in [1.29, 1.82) is 0 Å². The normalized spacial score (nSPS) is 9.95. The van der Waals surface area contributed by atoms with Gasteiger partial charge in [-0.2, -0.15) is 0 Å². The highest BCUT2D eigenvalue weighted by Gasteiger charge is 2.06. The Kier molecular flexibility index (Phi) is 4.50. The van der Waals surface area contributed by atoms with Gasteiger partial charge in [0.15, 0.2) is 0 Å². The van der Waals surface area contributed by atoms with Crippen LogP contribution in [0.4, 0.5) is 5.69 Å². The molecule has 0 saturated carbocycles. The molecule has 1 aromatic carbocycles. The molecule has 4 nitrogen and oxygen atoms in total. The van der Waals surface area contributed by atoms with Crippen molar-refractivity contribution in [3.63, 3.8) is 0 Å². The zero-order chi connectivity index (χ0) is 13.5. The average Bonchev–Trinajstić information content (AvgIpc) is 2.47. The summed E-state index contributed by atoms with van der Waals surface area (Å²) in [5.41, 5.74) is 2.08. The van der Waals surface area contributed by atoms with E-state index in [0.29, 0.717) is 13.1 Å².